The van der Waals surface area contributed by atoms with Gasteiger partial charge in [-0.2, -0.15) is 0 Å². The molecule has 8 aliphatic rings. The quantitative estimate of drug-likeness (QED) is 0.0771. The van der Waals surface area contributed by atoms with Crippen molar-refractivity contribution < 1.29 is 98.9 Å². The van der Waals surface area contributed by atoms with Crippen LogP contribution in [0.5, 0.6) is 0 Å². The van der Waals surface area contributed by atoms with Crippen molar-refractivity contribution >= 4 is 11.9 Å². The maximum Gasteiger partial charge on any atom is 0.335 e. The Balaban J connectivity index is 1.07. The first kappa shape index (κ1) is 53.3. The van der Waals surface area contributed by atoms with Crippen LogP contribution in [0.25, 0.3) is 0 Å². The Morgan fingerprint density at radius 1 is 0.710 bits per heavy atom. The lowest BCUT2D eigenvalue weighted by molar-refractivity contribution is -0.387. The van der Waals surface area contributed by atoms with E-state index in [-0.39, 0.29) is 47.2 Å². The largest absolute Gasteiger partial charge is 0.479 e. The molecule has 69 heavy (non-hydrogen) atoms. The number of esters is 1. The number of carbonyl (C=O) groups is 2. The molecule has 0 amide bonds. The van der Waals surface area contributed by atoms with E-state index in [9.17, 15) is 65.8 Å². The summed E-state index contributed by atoms with van der Waals surface area (Å²) in [6, 6.07) is 0. The Bertz CT molecular complexity index is 1940. The smallest absolute Gasteiger partial charge is 0.335 e. The molecular formula is C49H78O20. The van der Waals surface area contributed by atoms with Crippen LogP contribution in [0.4, 0.5) is 0 Å². The van der Waals surface area contributed by atoms with Gasteiger partial charge in [0.2, 0.25) is 0 Å². The zero-order valence-corrected chi connectivity index (χ0v) is 41.0. The molecule has 11 N–H and O–H groups in total. The molecule has 0 bridgehead atoms. The Kier molecular flexibility index (Phi) is 14.5. The number of carbonyl (C=O) groups excluding carboxylic acids is 1. The summed E-state index contributed by atoms with van der Waals surface area (Å²) in [5, 5.41) is 120. The van der Waals surface area contributed by atoms with Gasteiger partial charge in [-0.1, -0.05) is 53.2 Å². The number of aliphatic carboxylic acids is 1. The number of aliphatic hydroxyl groups excluding tert-OH is 10. The van der Waals surface area contributed by atoms with Crippen LogP contribution in [0.1, 0.15) is 107 Å². The predicted octanol–water partition coefficient (Wildman–Crippen LogP) is -0.142. The topological polar surface area (TPSA) is 321 Å². The predicted molar refractivity (Wildman–Crippen MR) is 237 cm³/mol. The number of carboxylic acids is 1. The van der Waals surface area contributed by atoms with Crippen LogP contribution in [-0.2, 0) is 42.7 Å². The average molecular weight is 987 g/mol. The molecule has 7 fully saturated rings. The highest BCUT2D eigenvalue weighted by atomic mass is 16.8. The molecule has 3 saturated heterocycles. The van der Waals surface area contributed by atoms with E-state index in [4.69, 9.17) is 33.2 Å². The molecule has 3 aliphatic heterocycles. The van der Waals surface area contributed by atoms with Crippen LogP contribution in [0.15, 0.2) is 11.6 Å². The number of hydrogen-bond acceptors (Lipinski definition) is 19. The number of ether oxygens (including phenoxy) is 7. The molecule has 20 heteroatoms. The van der Waals surface area contributed by atoms with Crippen LogP contribution in [0, 0.1) is 50.2 Å². The molecule has 0 spiro atoms. The highest BCUT2D eigenvalue weighted by Gasteiger charge is 2.71. The van der Waals surface area contributed by atoms with E-state index in [0.29, 0.717) is 32.1 Å². The summed E-state index contributed by atoms with van der Waals surface area (Å²) < 4.78 is 42.0. The highest BCUT2D eigenvalue weighted by molar-refractivity contribution is 5.73. The fourth-order valence-corrected chi connectivity index (χ4v) is 15.2. The van der Waals surface area contributed by atoms with Gasteiger partial charge in [0.05, 0.1) is 38.1 Å². The third-order valence-corrected chi connectivity index (χ3v) is 19.8. The third kappa shape index (κ3) is 8.26. The van der Waals surface area contributed by atoms with E-state index in [0.717, 1.165) is 19.3 Å². The summed E-state index contributed by atoms with van der Waals surface area (Å²) >= 11 is 0. The zero-order chi connectivity index (χ0) is 50.7. The lowest BCUT2D eigenvalue weighted by Crippen LogP contribution is -2.69. The molecule has 0 radical (unpaired) electrons. The minimum absolute atomic E-state index is 0.0718. The average Bonchev–Trinajstić information content (AvgIpc) is 3.29. The van der Waals surface area contributed by atoms with Gasteiger partial charge in [0, 0.05) is 23.2 Å². The molecule has 0 unspecified atom stereocenters. The molecule has 0 aromatic rings. The lowest BCUT2D eigenvalue weighted by Gasteiger charge is -2.72. The van der Waals surface area contributed by atoms with E-state index < -0.39 is 139 Å². The van der Waals surface area contributed by atoms with Gasteiger partial charge in [0.1, 0.15) is 61.0 Å². The van der Waals surface area contributed by atoms with Crippen LogP contribution in [-0.4, -0.2) is 192 Å². The second-order valence-electron chi connectivity index (χ2n) is 23.6. The van der Waals surface area contributed by atoms with Crippen molar-refractivity contribution in [3.8, 4) is 0 Å². The number of rotatable bonds is 10. The molecule has 8 rings (SSSR count). The Morgan fingerprint density at radius 3 is 2.01 bits per heavy atom. The fourth-order valence-electron chi connectivity index (χ4n) is 15.2. The van der Waals surface area contributed by atoms with Crippen molar-refractivity contribution in [3.05, 3.63) is 11.6 Å². The second-order valence-corrected chi connectivity index (χ2v) is 23.6. The van der Waals surface area contributed by atoms with Gasteiger partial charge < -0.3 is 89.3 Å². The minimum atomic E-state index is -2.05. The maximum absolute atomic E-state index is 12.5. The van der Waals surface area contributed by atoms with E-state index in [1.54, 1.807) is 0 Å². The molecule has 20 nitrogen and oxygen atoms in total. The summed E-state index contributed by atoms with van der Waals surface area (Å²) in [4.78, 5) is 25.0. The van der Waals surface area contributed by atoms with Gasteiger partial charge in [-0.05, 0) is 92.3 Å². The van der Waals surface area contributed by atoms with Crippen molar-refractivity contribution in [1.29, 1.82) is 0 Å². The first-order valence-electron chi connectivity index (χ1n) is 24.8. The van der Waals surface area contributed by atoms with Gasteiger partial charge in [-0.15, -0.1) is 0 Å². The second kappa shape index (κ2) is 18.8. The van der Waals surface area contributed by atoms with E-state index in [1.165, 1.54) is 19.4 Å². The van der Waals surface area contributed by atoms with Crippen LogP contribution < -0.4 is 0 Å². The highest BCUT2D eigenvalue weighted by Crippen LogP contribution is 2.76. The lowest BCUT2D eigenvalue weighted by atomic mass is 9.33. The molecule has 0 aromatic heterocycles. The molecule has 394 valence electrons. The van der Waals surface area contributed by atoms with Gasteiger partial charge in [-0.25, -0.2) is 4.79 Å². The van der Waals surface area contributed by atoms with E-state index >= 15 is 0 Å². The van der Waals surface area contributed by atoms with Gasteiger partial charge in [0.15, 0.2) is 25.0 Å². The van der Waals surface area contributed by atoms with E-state index in [2.05, 4.69) is 33.8 Å². The summed E-state index contributed by atoms with van der Waals surface area (Å²) in [7, 11) is 0. The van der Waals surface area contributed by atoms with Crippen molar-refractivity contribution in [2.75, 3.05) is 19.8 Å². The summed E-state index contributed by atoms with van der Waals surface area (Å²) in [5.41, 5.74) is -2.05. The van der Waals surface area contributed by atoms with Crippen LogP contribution in [0.3, 0.4) is 0 Å². The first-order chi connectivity index (χ1) is 32.2. The monoisotopic (exact) mass is 987 g/mol. The van der Waals surface area contributed by atoms with Gasteiger partial charge in [0.25, 0.3) is 0 Å². The molecule has 4 saturated carbocycles. The Morgan fingerprint density at radius 2 is 1.38 bits per heavy atom. The number of carboxylic acid groups (broad SMARTS) is 1. The Hall–Kier alpha value is -1.96. The molecule has 5 aliphatic carbocycles. The number of fused-ring (bicyclic) bond motifs is 7. The summed E-state index contributed by atoms with van der Waals surface area (Å²) in [6.07, 6.45) is -19.0. The fraction of sp³-hybridized carbons (Fsp3) is 0.918. The van der Waals surface area contributed by atoms with Gasteiger partial charge >= 0.3 is 11.9 Å². The summed E-state index contributed by atoms with van der Waals surface area (Å²) in [5.74, 6) is -2.15. The molecule has 26 atom stereocenters. The number of aliphatic hydroxyl groups is 10. The molecule has 3 heterocycles. The van der Waals surface area contributed by atoms with Crippen molar-refractivity contribution in [2.45, 2.75) is 211 Å². The summed E-state index contributed by atoms with van der Waals surface area (Å²) in [6.45, 7) is 14.6. The van der Waals surface area contributed by atoms with Crippen LogP contribution in [0.2, 0.25) is 0 Å². The van der Waals surface area contributed by atoms with Crippen molar-refractivity contribution in [2.24, 2.45) is 50.2 Å². The van der Waals surface area contributed by atoms with Crippen LogP contribution >= 0.6 is 0 Å². The van der Waals surface area contributed by atoms with E-state index in [1.807, 2.05) is 13.8 Å². The maximum atomic E-state index is 12.5. The standard InChI is InChI=1S/C49H78O20/c1-21-29(54)31(56)34(59)41(64-21)68-36-30(55)25(53)18-63-42(36)69-37-33(58)32(57)35(40(61)62)67-43(37)66-28-12-13-46(5)26(47(28,6)20-51)11-14-49(8)27(46)10-9-23-24-17-44(3,19-50)38(60)39(65-22(2)52)45(24,4)15-16-48(23,49)7/h9,21,24-39,41-43,50-51,53-60H,10-20H2,1-8H3,(H,61,62)/t21-,24-,25+,26+,27+,28-,29+,30-,31+,32-,33-,34-,35+,36+,37-,38-,39+,41+,42+,43-,44-,45+,46-,47-,48+,49-/m0/s1. The molecule has 0 aromatic carbocycles. The third-order valence-electron chi connectivity index (χ3n) is 19.8. The first-order valence-corrected chi connectivity index (χ1v) is 24.8. The number of hydrogen-bond donors (Lipinski definition) is 11. The number of allylic oxidation sites excluding steroid dienone is 2. The Labute approximate surface area is 402 Å². The van der Waals surface area contributed by atoms with Crippen molar-refractivity contribution in [3.63, 3.8) is 0 Å². The normalized spacial score (nSPS) is 55.3. The minimum Gasteiger partial charge on any atom is -0.479 e. The SMILES string of the molecule is CC(=O)O[C@@H]1[C@H](O)[C@](C)(CO)C[C@H]2C3=CC[C@@H]4[C@@]5(C)CC[C@H](O[C@H]6O[C@@H](C(=O)O)[C@@H](O)[C@H](O)[C@@H]6O[C@H]6OC[C@@H](O)[C@H](O)[C@H]6O[C@H]6O[C@@H](C)[C@@H](O)[C@@H](O)[C@@H]6O)[C@@](C)(CO)[C@@H]5CC[C@]4(C)[C@]3(C)CC[C@@]12C. The molecular weight excluding hydrogens is 909 g/mol. The van der Waals surface area contributed by atoms with Gasteiger partial charge in [-0.3, -0.25) is 4.79 Å². The zero-order valence-electron chi connectivity index (χ0n) is 41.0. The van der Waals surface area contributed by atoms with Crippen molar-refractivity contribution in [1.82, 2.24) is 0 Å².